The first-order chi connectivity index (χ1) is 9.61. The van der Waals surface area contributed by atoms with E-state index in [2.05, 4.69) is 45.9 Å². The van der Waals surface area contributed by atoms with Crippen LogP contribution >= 0.6 is 0 Å². The number of hydrogen-bond acceptors (Lipinski definition) is 4. The summed E-state index contributed by atoms with van der Waals surface area (Å²) in [7, 11) is 2.24. The summed E-state index contributed by atoms with van der Waals surface area (Å²) in [5.74, 6) is 1.71. The van der Waals surface area contributed by atoms with Crippen LogP contribution in [0, 0.1) is 5.92 Å². The Balaban J connectivity index is 1.61. The molecule has 1 aromatic rings. The Bertz CT molecular complexity index is 429. The fraction of sp³-hybridized carbons (Fsp3) is 0.867. The molecule has 5 heteroatoms. The molecule has 3 heterocycles. The van der Waals surface area contributed by atoms with Crippen molar-refractivity contribution in [2.45, 2.75) is 70.7 Å². The molecule has 3 rings (SSSR count). The van der Waals surface area contributed by atoms with E-state index in [0.29, 0.717) is 12.0 Å². The second-order valence-corrected chi connectivity index (χ2v) is 6.93. The zero-order chi connectivity index (χ0) is 14.1. The lowest BCUT2D eigenvalue weighted by Gasteiger charge is -2.35. The summed E-state index contributed by atoms with van der Waals surface area (Å²) >= 11 is 0. The average Bonchev–Trinajstić information content (AvgIpc) is 2.96. The van der Waals surface area contributed by atoms with E-state index in [1.807, 2.05) is 0 Å². The minimum atomic E-state index is 0.607. The molecule has 2 saturated heterocycles. The molecule has 0 aliphatic carbocycles. The first-order valence-corrected chi connectivity index (χ1v) is 7.94. The van der Waals surface area contributed by atoms with E-state index in [1.165, 1.54) is 25.7 Å². The number of nitrogens with one attached hydrogen (secondary N) is 1. The van der Waals surface area contributed by atoms with Gasteiger partial charge in [-0.05, 0) is 38.6 Å². The van der Waals surface area contributed by atoms with Gasteiger partial charge in [0.05, 0.1) is 6.54 Å². The largest absolute Gasteiger partial charge is 0.311 e. The summed E-state index contributed by atoms with van der Waals surface area (Å²) in [6.07, 6.45) is 6.98. The molecule has 0 spiro atoms. The molecular formula is C15H27N5. The molecule has 2 fully saturated rings. The van der Waals surface area contributed by atoms with Crippen molar-refractivity contribution in [3.05, 3.63) is 12.2 Å². The van der Waals surface area contributed by atoms with Crippen molar-refractivity contribution < 1.29 is 0 Å². The molecule has 5 nitrogen and oxygen atoms in total. The van der Waals surface area contributed by atoms with Crippen LogP contribution in [-0.4, -0.2) is 44.8 Å². The third-order valence-electron chi connectivity index (χ3n) is 4.70. The Labute approximate surface area is 121 Å². The SMILES string of the molecule is CC(C)Cn1ncnc1CN(C)C1CC2CCC(C1)N2. The molecule has 0 amide bonds. The lowest BCUT2D eigenvalue weighted by molar-refractivity contribution is 0.160. The fourth-order valence-corrected chi connectivity index (χ4v) is 3.65. The molecule has 2 aliphatic rings. The second-order valence-electron chi connectivity index (χ2n) is 6.93. The number of piperidine rings is 1. The van der Waals surface area contributed by atoms with E-state index in [1.54, 1.807) is 6.33 Å². The molecule has 1 aromatic heterocycles. The van der Waals surface area contributed by atoms with E-state index in [0.717, 1.165) is 31.0 Å². The third kappa shape index (κ3) is 3.04. The van der Waals surface area contributed by atoms with Gasteiger partial charge in [-0.25, -0.2) is 9.67 Å². The molecule has 2 atom stereocenters. The lowest BCUT2D eigenvalue weighted by atomic mass is 9.98. The van der Waals surface area contributed by atoms with Crippen molar-refractivity contribution in [1.29, 1.82) is 0 Å². The molecule has 2 aliphatic heterocycles. The van der Waals surface area contributed by atoms with Crippen molar-refractivity contribution in [3.8, 4) is 0 Å². The smallest absolute Gasteiger partial charge is 0.141 e. The van der Waals surface area contributed by atoms with Gasteiger partial charge >= 0.3 is 0 Å². The van der Waals surface area contributed by atoms with Crippen molar-refractivity contribution in [3.63, 3.8) is 0 Å². The van der Waals surface area contributed by atoms with Gasteiger partial charge in [0.25, 0.3) is 0 Å². The van der Waals surface area contributed by atoms with E-state index in [-0.39, 0.29) is 0 Å². The van der Waals surface area contributed by atoms with Gasteiger partial charge in [0, 0.05) is 24.7 Å². The molecule has 112 valence electrons. The Hall–Kier alpha value is -0.940. The normalized spacial score (nSPS) is 29.6. The Morgan fingerprint density at radius 3 is 2.70 bits per heavy atom. The fourth-order valence-electron chi connectivity index (χ4n) is 3.65. The summed E-state index contributed by atoms with van der Waals surface area (Å²) in [5.41, 5.74) is 0. The van der Waals surface area contributed by atoms with E-state index < -0.39 is 0 Å². The summed E-state index contributed by atoms with van der Waals surface area (Å²) in [5, 5.41) is 8.07. The van der Waals surface area contributed by atoms with Crippen LogP contribution in [0.15, 0.2) is 6.33 Å². The monoisotopic (exact) mass is 277 g/mol. The molecule has 1 N–H and O–H groups in total. The van der Waals surface area contributed by atoms with Gasteiger partial charge in [-0.2, -0.15) is 5.10 Å². The van der Waals surface area contributed by atoms with Crippen LogP contribution in [0.1, 0.15) is 45.4 Å². The number of fused-ring (bicyclic) bond motifs is 2. The highest BCUT2D eigenvalue weighted by Gasteiger charge is 2.35. The van der Waals surface area contributed by atoms with Crippen LogP contribution < -0.4 is 5.32 Å². The van der Waals surface area contributed by atoms with Gasteiger partial charge in [-0.3, -0.25) is 4.90 Å². The van der Waals surface area contributed by atoms with Crippen LogP contribution in [0.4, 0.5) is 0 Å². The highest BCUT2D eigenvalue weighted by atomic mass is 15.3. The maximum absolute atomic E-state index is 4.45. The lowest BCUT2D eigenvalue weighted by Crippen LogP contribution is -2.46. The average molecular weight is 277 g/mol. The molecular weight excluding hydrogens is 250 g/mol. The maximum atomic E-state index is 4.45. The molecule has 0 saturated carbocycles. The van der Waals surface area contributed by atoms with Crippen LogP contribution in [0.25, 0.3) is 0 Å². The number of rotatable bonds is 5. The van der Waals surface area contributed by atoms with Gasteiger partial charge in [-0.1, -0.05) is 13.8 Å². The zero-order valence-electron chi connectivity index (χ0n) is 12.9. The van der Waals surface area contributed by atoms with Gasteiger partial charge in [0.2, 0.25) is 0 Å². The van der Waals surface area contributed by atoms with Gasteiger partial charge < -0.3 is 5.32 Å². The first-order valence-electron chi connectivity index (χ1n) is 7.94. The van der Waals surface area contributed by atoms with Gasteiger partial charge in [0.15, 0.2) is 0 Å². The van der Waals surface area contributed by atoms with E-state index >= 15 is 0 Å². The number of hydrogen-bond donors (Lipinski definition) is 1. The highest BCUT2D eigenvalue weighted by Crippen LogP contribution is 2.29. The first kappa shape index (κ1) is 14.0. The summed E-state index contributed by atoms with van der Waals surface area (Å²) in [4.78, 5) is 6.93. The summed E-state index contributed by atoms with van der Waals surface area (Å²) < 4.78 is 2.07. The van der Waals surface area contributed by atoms with Crippen molar-refractivity contribution >= 4 is 0 Å². The molecule has 2 bridgehead atoms. The standard InChI is InChI=1S/C15H27N5/c1-11(2)8-20-15(16-10-17-20)9-19(3)14-6-12-4-5-13(7-14)18-12/h10-14,18H,4-9H2,1-3H3. The highest BCUT2D eigenvalue weighted by molar-refractivity contribution is 4.96. The van der Waals surface area contributed by atoms with Crippen molar-refractivity contribution in [2.24, 2.45) is 5.92 Å². The van der Waals surface area contributed by atoms with Crippen LogP contribution in [-0.2, 0) is 13.1 Å². The number of aromatic nitrogens is 3. The molecule has 2 unspecified atom stereocenters. The third-order valence-corrected chi connectivity index (χ3v) is 4.70. The minimum absolute atomic E-state index is 0.607. The quantitative estimate of drug-likeness (QED) is 0.889. The van der Waals surface area contributed by atoms with Crippen molar-refractivity contribution in [2.75, 3.05) is 7.05 Å². The summed E-state index contributed by atoms with van der Waals surface area (Å²) in [6, 6.07) is 2.18. The maximum Gasteiger partial charge on any atom is 0.141 e. The predicted octanol–water partition coefficient (Wildman–Crippen LogP) is 1.65. The predicted molar refractivity (Wildman–Crippen MR) is 79.3 cm³/mol. The van der Waals surface area contributed by atoms with Crippen LogP contribution in [0.5, 0.6) is 0 Å². The zero-order valence-corrected chi connectivity index (χ0v) is 12.9. The Kier molecular flexibility index (Phi) is 4.08. The number of nitrogens with zero attached hydrogens (tertiary/aromatic N) is 4. The minimum Gasteiger partial charge on any atom is -0.311 e. The summed E-state index contributed by atoms with van der Waals surface area (Å²) in [6.45, 7) is 6.32. The van der Waals surface area contributed by atoms with Gasteiger partial charge in [0.1, 0.15) is 12.2 Å². The van der Waals surface area contributed by atoms with Crippen molar-refractivity contribution in [1.82, 2.24) is 25.0 Å². The topological polar surface area (TPSA) is 46.0 Å². The molecule has 0 aromatic carbocycles. The second kappa shape index (κ2) is 5.82. The van der Waals surface area contributed by atoms with E-state index in [9.17, 15) is 0 Å². The van der Waals surface area contributed by atoms with Gasteiger partial charge in [-0.15, -0.1) is 0 Å². The molecule has 20 heavy (non-hydrogen) atoms. The van der Waals surface area contributed by atoms with Crippen LogP contribution in [0.2, 0.25) is 0 Å². The molecule has 0 radical (unpaired) electrons. The Morgan fingerprint density at radius 2 is 2.05 bits per heavy atom. The van der Waals surface area contributed by atoms with E-state index in [4.69, 9.17) is 0 Å². The van der Waals surface area contributed by atoms with Crippen LogP contribution in [0.3, 0.4) is 0 Å². The Morgan fingerprint density at radius 1 is 1.35 bits per heavy atom.